The maximum atomic E-state index is 12.9. The lowest BCUT2D eigenvalue weighted by molar-refractivity contribution is 0.142. The minimum Gasteiger partial charge on any atom is -0.320 e. The molecule has 1 saturated carbocycles. The van der Waals surface area contributed by atoms with Crippen LogP contribution in [0.5, 0.6) is 0 Å². The van der Waals surface area contributed by atoms with Crippen LogP contribution < -0.4 is 5.73 Å². The van der Waals surface area contributed by atoms with E-state index in [9.17, 15) is 4.39 Å². The van der Waals surface area contributed by atoms with Crippen molar-refractivity contribution < 1.29 is 4.39 Å². The summed E-state index contributed by atoms with van der Waals surface area (Å²) in [6.07, 6.45) is 4.81. The summed E-state index contributed by atoms with van der Waals surface area (Å²) in [4.78, 5) is 4.18. The van der Waals surface area contributed by atoms with E-state index < -0.39 is 5.54 Å². The van der Waals surface area contributed by atoms with Crippen molar-refractivity contribution in [2.24, 2.45) is 23.5 Å². The Bertz CT molecular complexity index is 389. The number of nitrogens with zero attached hydrogens (tertiary/aromatic N) is 1. The second-order valence-corrected chi connectivity index (χ2v) is 6.26. The fourth-order valence-corrected chi connectivity index (χ4v) is 3.34. The average molecular weight is 250 g/mol. The van der Waals surface area contributed by atoms with Gasteiger partial charge in [0.25, 0.3) is 0 Å². The fraction of sp³-hybridized carbons (Fsp3) is 0.667. The fourth-order valence-electron chi connectivity index (χ4n) is 3.34. The zero-order valence-corrected chi connectivity index (χ0v) is 11.5. The molecule has 0 radical (unpaired) electrons. The quantitative estimate of drug-likeness (QED) is 0.873. The average Bonchev–Trinajstić information content (AvgIpc) is 2.28. The van der Waals surface area contributed by atoms with E-state index in [4.69, 9.17) is 5.73 Å². The highest BCUT2D eigenvalue weighted by molar-refractivity contribution is 5.16. The molecular formula is C15H23FN2. The molecule has 0 aliphatic heterocycles. The Morgan fingerprint density at radius 3 is 2.33 bits per heavy atom. The molecule has 2 N–H and O–H groups in total. The Hall–Kier alpha value is -0.960. The van der Waals surface area contributed by atoms with E-state index in [0.29, 0.717) is 17.8 Å². The summed E-state index contributed by atoms with van der Waals surface area (Å²) in [7, 11) is 0. The van der Waals surface area contributed by atoms with E-state index in [1.54, 1.807) is 6.07 Å². The van der Waals surface area contributed by atoms with Crippen LogP contribution in [0.25, 0.3) is 0 Å². The van der Waals surface area contributed by atoms with Gasteiger partial charge in [0.05, 0.1) is 17.4 Å². The minimum absolute atomic E-state index is 0.306. The molecule has 1 aliphatic rings. The molecular weight excluding hydrogens is 227 g/mol. The lowest BCUT2D eigenvalue weighted by atomic mass is 9.68. The number of aromatic nitrogens is 1. The summed E-state index contributed by atoms with van der Waals surface area (Å²) in [6.45, 7) is 6.61. The zero-order valence-electron chi connectivity index (χ0n) is 11.5. The first-order valence-electron chi connectivity index (χ1n) is 6.80. The lowest BCUT2D eigenvalue weighted by Gasteiger charge is -2.41. The number of pyridine rings is 1. The Balaban J connectivity index is 2.21. The molecule has 3 unspecified atom stereocenters. The third-order valence-electron chi connectivity index (χ3n) is 4.31. The number of nitrogens with two attached hydrogens (primary N) is 1. The third kappa shape index (κ3) is 2.72. The predicted octanol–water partition coefficient (Wildman–Crippen LogP) is 3.47. The van der Waals surface area contributed by atoms with E-state index in [1.807, 2.05) is 6.92 Å². The summed E-state index contributed by atoms with van der Waals surface area (Å²) in [5.41, 5.74) is 6.84. The topological polar surface area (TPSA) is 38.9 Å². The van der Waals surface area contributed by atoms with Crippen molar-refractivity contribution in [1.82, 2.24) is 4.98 Å². The van der Waals surface area contributed by atoms with Crippen LogP contribution in [0, 0.1) is 23.6 Å². The van der Waals surface area contributed by atoms with Crippen LogP contribution in [0.3, 0.4) is 0 Å². The van der Waals surface area contributed by atoms with E-state index >= 15 is 0 Å². The van der Waals surface area contributed by atoms with E-state index in [-0.39, 0.29) is 5.82 Å². The molecule has 3 heteroatoms. The summed E-state index contributed by atoms with van der Waals surface area (Å²) in [6, 6.07) is 3.17. The van der Waals surface area contributed by atoms with Crippen molar-refractivity contribution in [1.29, 1.82) is 0 Å². The van der Waals surface area contributed by atoms with Crippen LogP contribution in [0.15, 0.2) is 18.3 Å². The monoisotopic (exact) mass is 250 g/mol. The molecule has 1 aromatic heterocycles. The second kappa shape index (κ2) is 4.96. The smallest absolute Gasteiger partial charge is 0.141 e. The van der Waals surface area contributed by atoms with Gasteiger partial charge in [0.1, 0.15) is 5.82 Å². The largest absolute Gasteiger partial charge is 0.320 e. The Morgan fingerprint density at radius 1 is 1.22 bits per heavy atom. The maximum absolute atomic E-state index is 12.9. The number of halogens is 1. The van der Waals surface area contributed by atoms with Crippen LogP contribution in [-0.4, -0.2) is 4.98 Å². The highest BCUT2D eigenvalue weighted by Gasteiger charge is 2.37. The standard InChI is InChI=1S/C15H23FN2/c1-10-6-11(2)8-12(7-10)15(3,17)14-5-4-13(16)9-18-14/h4-5,9-12H,6-8,17H2,1-3H3. The number of hydrogen-bond acceptors (Lipinski definition) is 2. The molecule has 100 valence electrons. The van der Waals surface area contributed by atoms with Gasteiger partial charge in [0, 0.05) is 0 Å². The zero-order chi connectivity index (χ0) is 13.3. The van der Waals surface area contributed by atoms with E-state index in [0.717, 1.165) is 18.5 Å². The molecule has 0 aromatic carbocycles. The first-order chi connectivity index (χ1) is 8.39. The highest BCUT2D eigenvalue weighted by atomic mass is 19.1. The second-order valence-electron chi connectivity index (χ2n) is 6.26. The van der Waals surface area contributed by atoms with Crippen molar-refractivity contribution in [3.8, 4) is 0 Å². The Labute approximate surface area is 109 Å². The molecule has 1 fully saturated rings. The van der Waals surface area contributed by atoms with Gasteiger partial charge in [-0.05, 0) is 56.1 Å². The molecule has 2 nitrogen and oxygen atoms in total. The van der Waals surface area contributed by atoms with Gasteiger partial charge >= 0.3 is 0 Å². The summed E-state index contributed by atoms with van der Waals surface area (Å²) >= 11 is 0. The molecule has 0 bridgehead atoms. The molecule has 0 spiro atoms. The van der Waals surface area contributed by atoms with Crippen molar-refractivity contribution in [3.63, 3.8) is 0 Å². The van der Waals surface area contributed by atoms with Crippen LogP contribution in [-0.2, 0) is 5.54 Å². The van der Waals surface area contributed by atoms with Crippen LogP contribution in [0.2, 0.25) is 0 Å². The summed E-state index contributed by atoms with van der Waals surface area (Å²) < 4.78 is 12.9. The van der Waals surface area contributed by atoms with Crippen LogP contribution in [0.4, 0.5) is 4.39 Å². The molecule has 2 rings (SSSR count). The van der Waals surface area contributed by atoms with Crippen molar-refractivity contribution >= 4 is 0 Å². The van der Waals surface area contributed by atoms with Gasteiger partial charge in [-0.3, -0.25) is 4.98 Å². The molecule has 1 heterocycles. The lowest BCUT2D eigenvalue weighted by Crippen LogP contribution is -2.45. The minimum atomic E-state index is -0.462. The SMILES string of the molecule is CC1CC(C)CC(C(C)(N)c2ccc(F)cn2)C1. The van der Waals surface area contributed by atoms with Gasteiger partial charge in [0.2, 0.25) is 0 Å². The van der Waals surface area contributed by atoms with Gasteiger partial charge in [-0.15, -0.1) is 0 Å². The molecule has 0 amide bonds. The normalized spacial score (nSPS) is 31.9. The van der Waals surface area contributed by atoms with Crippen molar-refractivity contribution in [2.45, 2.75) is 45.6 Å². The van der Waals surface area contributed by atoms with Crippen LogP contribution in [0.1, 0.15) is 45.7 Å². The van der Waals surface area contributed by atoms with Gasteiger partial charge in [0.15, 0.2) is 0 Å². The molecule has 1 aliphatic carbocycles. The maximum Gasteiger partial charge on any atom is 0.141 e. The first-order valence-corrected chi connectivity index (χ1v) is 6.80. The van der Waals surface area contributed by atoms with Gasteiger partial charge in [-0.25, -0.2) is 4.39 Å². The molecule has 1 aromatic rings. The van der Waals surface area contributed by atoms with Crippen molar-refractivity contribution in [2.75, 3.05) is 0 Å². The molecule has 3 atom stereocenters. The summed E-state index contributed by atoms with van der Waals surface area (Å²) in [5, 5.41) is 0. The van der Waals surface area contributed by atoms with Crippen molar-refractivity contribution in [3.05, 3.63) is 29.8 Å². The number of rotatable bonds is 2. The molecule has 0 saturated heterocycles. The Kier molecular flexibility index (Phi) is 3.71. The third-order valence-corrected chi connectivity index (χ3v) is 4.31. The van der Waals surface area contributed by atoms with Gasteiger partial charge < -0.3 is 5.73 Å². The molecule has 18 heavy (non-hydrogen) atoms. The van der Waals surface area contributed by atoms with E-state index in [2.05, 4.69) is 18.8 Å². The Morgan fingerprint density at radius 2 is 1.83 bits per heavy atom. The van der Waals surface area contributed by atoms with Gasteiger partial charge in [-0.1, -0.05) is 13.8 Å². The first kappa shape index (κ1) is 13.5. The van der Waals surface area contributed by atoms with Crippen LogP contribution >= 0.6 is 0 Å². The summed E-state index contributed by atoms with van der Waals surface area (Å²) in [5.74, 6) is 1.54. The van der Waals surface area contributed by atoms with E-state index in [1.165, 1.54) is 18.7 Å². The van der Waals surface area contributed by atoms with Gasteiger partial charge in [-0.2, -0.15) is 0 Å². The number of hydrogen-bond donors (Lipinski definition) is 1. The predicted molar refractivity (Wildman–Crippen MR) is 71.4 cm³/mol. The highest BCUT2D eigenvalue weighted by Crippen LogP contribution is 2.41.